The number of alkyl halides is 1. The average molecular weight is 348 g/mol. The van der Waals surface area contributed by atoms with Crippen LogP contribution in [0.2, 0.25) is 0 Å². The Labute approximate surface area is 149 Å². The Morgan fingerprint density at radius 1 is 1.32 bits per heavy atom. The van der Waals surface area contributed by atoms with Crippen LogP contribution in [0.4, 0.5) is 4.39 Å². The lowest BCUT2D eigenvalue weighted by Gasteiger charge is -2.52. The van der Waals surface area contributed by atoms with E-state index in [0.29, 0.717) is 12.3 Å². The normalized spacial score (nSPS) is 48.6. The lowest BCUT2D eigenvalue weighted by atomic mass is 9.53. The topological polar surface area (TPSA) is 46.5 Å². The number of allylic oxidation sites excluding steroid dienone is 3. The molecule has 0 amide bonds. The van der Waals surface area contributed by atoms with Crippen LogP contribution in [0.5, 0.6) is 0 Å². The Bertz CT molecular complexity index is 654. The smallest absolute Gasteiger partial charge is 0.303 e. The third kappa shape index (κ3) is 2.43. The van der Waals surface area contributed by atoms with Crippen LogP contribution in [-0.2, 0) is 9.53 Å². The van der Waals surface area contributed by atoms with E-state index in [-0.39, 0.29) is 28.8 Å². The van der Waals surface area contributed by atoms with E-state index in [1.807, 2.05) is 6.08 Å². The fraction of sp³-hybridized carbons (Fsp3) is 0.762. The average Bonchev–Trinajstić information content (AvgIpc) is 2.79. The summed E-state index contributed by atoms with van der Waals surface area (Å²) in [6.45, 7) is 5.79. The Morgan fingerprint density at radius 3 is 2.80 bits per heavy atom. The van der Waals surface area contributed by atoms with Gasteiger partial charge in [0.05, 0.1) is 6.10 Å². The predicted molar refractivity (Wildman–Crippen MR) is 93.5 cm³/mol. The Kier molecular flexibility index (Phi) is 3.91. The SMILES string of the molecule is CC(=O)O[C@H]1[C@H](F)C[C@H]2C3=C(CC[C@@]21C)[C@@]1(C)C=C[C@H](O)CC1CC3. The summed E-state index contributed by atoms with van der Waals surface area (Å²) in [6, 6.07) is 0. The number of esters is 1. The van der Waals surface area contributed by atoms with Gasteiger partial charge in [0.15, 0.2) is 0 Å². The predicted octanol–water partition coefficient (Wildman–Crippen LogP) is 4.11. The number of halogens is 1. The van der Waals surface area contributed by atoms with Crippen LogP contribution < -0.4 is 0 Å². The van der Waals surface area contributed by atoms with Crippen molar-refractivity contribution in [3.05, 3.63) is 23.3 Å². The minimum absolute atomic E-state index is 0.000523. The summed E-state index contributed by atoms with van der Waals surface area (Å²) in [5.74, 6) is 0.269. The fourth-order valence-corrected chi connectivity index (χ4v) is 6.34. The van der Waals surface area contributed by atoms with Crippen molar-refractivity contribution in [3.63, 3.8) is 0 Å². The van der Waals surface area contributed by atoms with Gasteiger partial charge in [0, 0.05) is 17.8 Å². The van der Waals surface area contributed by atoms with E-state index >= 15 is 0 Å². The quantitative estimate of drug-likeness (QED) is 0.573. The maximum Gasteiger partial charge on any atom is 0.303 e. The second-order valence-corrected chi connectivity index (χ2v) is 9.02. The van der Waals surface area contributed by atoms with E-state index in [1.54, 1.807) is 0 Å². The summed E-state index contributed by atoms with van der Waals surface area (Å²) in [5, 5.41) is 10.0. The first kappa shape index (κ1) is 17.3. The molecule has 138 valence electrons. The second kappa shape index (κ2) is 5.67. The molecule has 4 rings (SSSR count). The van der Waals surface area contributed by atoms with Gasteiger partial charge in [-0.3, -0.25) is 4.79 Å². The molecule has 4 heteroatoms. The van der Waals surface area contributed by atoms with Crippen LogP contribution >= 0.6 is 0 Å². The zero-order chi connectivity index (χ0) is 18.0. The van der Waals surface area contributed by atoms with Crippen molar-refractivity contribution in [2.24, 2.45) is 22.7 Å². The molecule has 7 atom stereocenters. The first-order valence-electron chi connectivity index (χ1n) is 9.67. The maximum atomic E-state index is 14.8. The molecule has 0 radical (unpaired) electrons. The van der Waals surface area contributed by atoms with Gasteiger partial charge in [-0.1, -0.05) is 37.1 Å². The molecule has 3 nitrogen and oxygen atoms in total. The van der Waals surface area contributed by atoms with Crippen molar-refractivity contribution in [2.75, 3.05) is 0 Å². The third-order valence-electron chi connectivity index (χ3n) is 7.70. The minimum Gasteiger partial charge on any atom is -0.459 e. The van der Waals surface area contributed by atoms with Crippen LogP contribution in [0.25, 0.3) is 0 Å². The molecule has 1 fully saturated rings. The zero-order valence-electron chi connectivity index (χ0n) is 15.4. The van der Waals surface area contributed by atoms with Crippen LogP contribution in [-0.4, -0.2) is 29.5 Å². The number of rotatable bonds is 1. The van der Waals surface area contributed by atoms with Crippen molar-refractivity contribution in [1.29, 1.82) is 0 Å². The Balaban J connectivity index is 1.73. The molecule has 0 bridgehead atoms. The lowest BCUT2D eigenvalue weighted by molar-refractivity contribution is -0.156. The summed E-state index contributed by atoms with van der Waals surface area (Å²) >= 11 is 0. The van der Waals surface area contributed by atoms with Gasteiger partial charge in [0.25, 0.3) is 0 Å². The summed E-state index contributed by atoms with van der Waals surface area (Å²) in [6.07, 6.45) is 7.29. The van der Waals surface area contributed by atoms with Gasteiger partial charge in [-0.05, 0) is 50.4 Å². The number of hydrogen-bond donors (Lipinski definition) is 1. The highest BCUT2D eigenvalue weighted by Gasteiger charge is 2.59. The Hall–Kier alpha value is -1.16. The highest BCUT2D eigenvalue weighted by Crippen LogP contribution is 2.63. The van der Waals surface area contributed by atoms with Gasteiger partial charge in [-0.25, -0.2) is 4.39 Å². The summed E-state index contributed by atoms with van der Waals surface area (Å²) in [7, 11) is 0. The second-order valence-electron chi connectivity index (χ2n) is 9.02. The van der Waals surface area contributed by atoms with E-state index in [2.05, 4.69) is 19.9 Å². The van der Waals surface area contributed by atoms with Crippen molar-refractivity contribution in [3.8, 4) is 0 Å². The molecule has 0 aliphatic heterocycles. The number of fused-ring (bicyclic) bond motifs is 4. The zero-order valence-corrected chi connectivity index (χ0v) is 15.4. The number of ether oxygens (including phenoxy) is 1. The van der Waals surface area contributed by atoms with Crippen molar-refractivity contribution in [1.82, 2.24) is 0 Å². The number of carbonyl (C=O) groups excluding carboxylic acids is 1. The summed E-state index contributed by atoms with van der Waals surface area (Å²) in [4.78, 5) is 11.5. The molecule has 4 aliphatic carbocycles. The van der Waals surface area contributed by atoms with Gasteiger partial charge in [0.2, 0.25) is 0 Å². The molecular formula is C21H29FO3. The molecule has 0 saturated heterocycles. The largest absolute Gasteiger partial charge is 0.459 e. The van der Waals surface area contributed by atoms with Gasteiger partial charge in [0.1, 0.15) is 12.3 Å². The summed E-state index contributed by atoms with van der Waals surface area (Å²) in [5.41, 5.74) is 2.61. The number of aliphatic hydroxyl groups excluding tert-OH is 1. The minimum atomic E-state index is -1.07. The fourth-order valence-electron chi connectivity index (χ4n) is 6.34. The van der Waals surface area contributed by atoms with Gasteiger partial charge in [-0.15, -0.1) is 0 Å². The highest BCUT2D eigenvalue weighted by atomic mass is 19.1. The molecule has 0 spiro atoms. The van der Waals surface area contributed by atoms with E-state index < -0.39 is 12.3 Å². The molecule has 0 heterocycles. The maximum absolute atomic E-state index is 14.8. The van der Waals surface area contributed by atoms with E-state index in [9.17, 15) is 14.3 Å². The Morgan fingerprint density at radius 2 is 2.08 bits per heavy atom. The van der Waals surface area contributed by atoms with Gasteiger partial charge in [-0.2, -0.15) is 0 Å². The van der Waals surface area contributed by atoms with Crippen molar-refractivity contribution < 1.29 is 19.0 Å². The first-order chi connectivity index (χ1) is 11.8. The molecule has 1 N–H and O–H groups in total. The monoisotopic (exact) mass is 348 g/mol. The number of aliphatic hydroxyl groups is 1. The third-order valence-corrected chi connectivity index (χ3v) is 7.70. The molecule has 0 aromatic carbocycles. The molecule has 1 unspecified atom stereocenters. The molecule has 0 aromatic heterocycles. The van der Waals surface area contributed by atoms with Crippen LogP contribution in [0.15, 0.2) is 23.3 Å². The molecule has 4 aliphatic rings. The van der Waals surface area contributed by atoms with Crippen molar-refractivity contribution >= 4 is 5.97 Å². The van der Waals surface area contributed by atoms with Crippen LogP contribution in [0, 0.1) is 22.7 Å². The van der Waals surface area contributed by atoms with E-state index in [4.69, 9.17) is 4.74 Å². The standard InChI is InChI=1S/C21H29FO3/c1-12(23)25-19-18(22)11-17-15-5-4-13-10-14(24)6-8-20(13,2)16(15)7-9-21(17,19)3/h6,8,13-14,17-19,24H,4-5,7,9-11H2,1-3H3/t13?,14-,17-,18+,19-,20-,21-/m0/s1. The lowest BCUT2D eigenvalue weighted by Crippen LogP contribution is -2.45. The van der Waals surface area contributed by atoms with Gasteiger partial charge >= 0.3 is 5.97 Å². The number of hydrogen-bond acceptors (Lipinski definition) is 3. The molecule has 0 aromatic rings. The first-order valence-corrected chi connectivity index (χ1v) is 9.67. The number of carbonyl (C=O) groups is 1. The summed E-state index contributed by atoms with van der Waals surface area (Å²) < 4.78 is 20.2. The highest BCUT2D eigenvalue weighted by molar-refractivity contribution is 5.66. The van der Waals surface area contributed by atoms with Crippen LogP contribution in [0.1, 0.15) is 59.3 Å². The molecule has 25 heavy (non-hydrogen) atoms. The van der Waals surface area contributed by atoms with E-state index in [0.717, 1.165) is 32.1 Å². The van der Waals surface area contributed by atoms with Crippen molar-refractivity contribution in [2.45, 2.75) is 77.7 Å². The molecule has 1 saturated carbocycles. The van der Waals surface area contributed by atoms with E-state index in [1.165, 1.54) is 18.1 Å². The van der Waals surface area contributed by atoms with Crippen LogP contribution in [0.3, 0.4) is 0 Å². The molecular weight excluding hydrogens is 319 g/mol. The van der Waals surface area contributed by atoms with Gasteiger partial charge < -0.3 is 9.84 Å².